The average Bonchev–Trinajstić information content (AvgIpc) is 3.15. The Balaban J connectivity index is 1.44. The van der Waals surface area contributed by atoms with Crippen molar-refractivity contribution in [1.29, 1.82) is 0 Å². The Bertz CT molecular complexity index is 557. The third-order valence-electron chi connectivity index (χ3n) is 5.70. The number of carbonyl (C=O) groups is 1. The van der Waals surface area contributed by atoms with Gasteiger partial charge in [0.2, 0.25) is 0 Å². The van der Waals surface area contributed by atoms with Crippen LogP contribution >= 0.6 is 0 Å². The van der Waals surface area contributed by atoms with E-state index in [2.05, 4.69) is 48.6 Å². The minimum Gasteiger partial charge on any atom is -0.449 e. The van der Waals surface area contributed by atoms with Crippen molar-refractivity contribution in [2.24, 2.45) is 29.6 Å². The zero-order chi connectivity index (χ0) is 15.8. The number of rotatable bonds is 2. The molecule has 23 heavy (non-hydrogen) atoms. The molecule has 6 atom stereocenters. The second kappa shape index (κ2) is 6.00. The number of aliphatic hydroxyl groups excluding tert-OH is 1. The monoisotopic (exact) mass is 313 g/mol. The normalized spacial score (nSPS) is 38.0. The Labute approximate surface area is 136 Å². The van der Waals surface area contributed by atoms with E-state index in [1.54, 1.807) is 4.90 Å². The van der Waals surface area contributed by atoms with Crippen LogP contribution in [0.25, 0.3) is 0 Å². The highest BCUT2D eigenvalue weighted by Crippen LogP contribution is 2.51. The van der Waals surface area contributed by atoms with Gasteiger partial charge in [0, 0.05) is 19.0 Å². The van der Waals surface area contributed by atoms with Gasteiger partial charge in [-0.2, -0.15) is 0 Å². The molecule has 0 radical (unpaired) electrons. The molecule has 1 unspecified atom stereocenters. The van der Waals surface area contributed by atoms with Gasteiger partial charge in [0.25, 0.3) is 0 Å². The zero-order valence-electron chi connectivity index (χ0n) is 13.1. The summed E-state index contributed by atoms with van der Waals surface area (Å²) in [6.45, 7) is 1.44. The molecule has 2 fully saturated rings. The molecule has 3 aliphatic carbocycles. The summed E-state index contributed by atoms with van der Waals surface area (Å²) in [6, 6.07) is 0. The van der Waals surface area contributed by atoms with Crippen LogP contribution in [0.5, 0.6) is 0 Å². The topological polar surface area (TPSA) is 49.8 Å². The summed E-state index contributed by atoms with van der Waals surface area (Å²) in [4.78, 5) is 13.8. The Kier molecular flexibility index (Phi) is 3.85. The van der Waals surface area contributed by atoms with Crippen molar-refractivity contribution in [2.45, 2.75) is 12.5 Å². The average molecular weight is 313 g/mol. The van der Waals surface area contributed by atoms with Crippen LogP contribution in [0.4, 0.5) is 4.79 Å². The number of hydrogen-bond donors (Lipinski definition) is 1. The first kappa shape index (κ1) is 14.8. The van der Waals surface area contributed by atoms with Crippen LogP contribution < -0.4 is 0 Å². The fourth-order valence-corrected chi connectivity index (χ4v) is 4.55. The van der Waals surface area contributed by atoms with Crippen molar-refractivity contribution < 1.29 is 14.6 Å². The largest absolute Gasteiger partial charge is 0.449 e. The Morgan fingerprint density at radius 3 is 2.09 bits per heavy atom. The summed E-state index contributed by atoms with van der Waals surface area (Å²) < 4.78 is 5.62. The molecule has 0 bridgehead atoms. The number of allylic oxidation sites excluding steroid dienone is 8. The number of aliphatic hydroxyl groups is 1. The second-order valence-electron chi connectivity index (χ2n) is 6.98. The number of hydrogen-bond acceptors (Lipinski definition) is 3. The number of β-amino-alcohol motifs (C(OH)–C–C–N with tert-alkyl or cyclic N) is 1. The van der Waals surface area contributed by atoms with Crippen molar-refractivity contribution in [2.75, 3.05) is 19.7 Å². The smallest absolute Gasteiger partial charge is 0.409 e. The molecule has 4 rings (SSSR count). The number of carbonyl (C=O) groups excluding carboxylic acids is 1. The SMILES string of the molecule is O=C(OCC1[C@@H]2C=CC=C[C@@H]2[C@@H]2C=CC=C[C@@H]12)N1CC[C@H](O)C1. The fraction of sp³-hybridized carbons (Fsp3) is 0.526. The van der Waals surface area contributed by atoms with Crippen molar-refractivity contribution in [3.8, 4) is 0 Å². The summed E-state index contributed by atoms with van der Waals surface area (Å²) in [6.07, 6.45) is 17.6. The van der Waals surface area contributed by atoms with Gasteiger partial charge >= 0.3 is 6.09 Å². The molecule has 0 spiro atoms. The molecule has 4 nitrogen and oxygen atoms in total. The highest BCUT2D eigenvalue weighted by molar-refractivity contribution is 5.68. The number of nitrogens with zero attached hydrogens (tertiary/aromatic N) is 1. The van der Waals surface area contributed by atoms with E-state index in [0.29, 0.717) is 55.7 Å². The quantitative estimate of drug-likeness (QED) is 0.852. The van der Waals surface area contributed by atoms with E-state index in [9.17, 15) is 9.90 Å². The van der Waals surface area contributed by atoms with Crippen molar-refractivity contribution >= 4 is 6.09 Å². The van der Waals surface area contributed by atoms with Crippen molar-refractivity contribution in [3.05, 3.63) is 48.6 Å². The maximum absolute atomic E-state index is 12.2. The zero-order valence-corrected chi connectivity index (χ0v) is 13.1. The minimum absolute atomic E-state index is 0.285. The number of ether oxygens (including phenoxy) is 1. The van der Waals surface area contributed by atoms with Crippen LogP contribution in [0.3, 0.4) is 0 Å². The van der Waals surface area contributed by atoms with E-state index in [-0.39, 0.29) is 6.09 Å². The molecule has 0 aromatic heterocycles. The minimum atomic E-state index is -0.402. The summed E-state index contributed by atoms with van der Waals surface area (Å²) in [5.41, 5.74) is 0. The first-order valence-corrected chi connectivity index (χ1v) is 8.54. The van der Waals surface area contributed by atoms with Crippen LogP contribution in [-0.2, 0) is 4.74 Å². The molecule has 1 aliphatic heterocycles. The third kappa shape index (κ3) is 2.65. The predicted molar refractivity (Wildman–Crippen MR) is 87.6 cm³/mol. The Morgan fingerprint density at radius 1 is 1.00 bits per heavy atom. The lowest BCUT2D eigenvalue weighted by molar-refractivity contribution is 0.0789. The maximum Gasteiger partial charge on any atom is 0.409 e. The lowest BCUT2D eigenvalue weighted by Gasteiger charge is -2.25. The first-order valence-electron chi connectivity index (χ1n) is 8.54. The molecular weight excluding hydrogens is 290 g/mol. The van der Waals surface area contributed by atoms with Crippen LogP contribution in [0.15, 0.2) is 48.6 Å². The van der Waals surface area contributed by atoms with Gasteiger partial charge in [-0.25, -0.2) is 4.79 Å². The second-order valence-corrected chi connectivity index (χ2v) is 6.98. The highest BCUT2D eigenvalue weighted by Gasteiger charge is 2.47. The molecule has 0 aromatic rings. The third-order valence-corrected chi connectivity index (χ3v) is 5.70. The summed E-state index contributed by atoms with van der Waals surface area (Å²) in [5.74, 6) is 2.19. The van der Waals surface area contributed by atoms with Crippen molar-refractivity contribution in [3.63, 3.8) is 0 Å². The fourth-order valence-electron chi connectivity index (χ4n) is 4.55. The molecule has 1 saturated carbocycles. The molecule has 1 heterocycles. The maximum atomic E-state index is 12.2. The van der Waals surface area contributed by atoms with Crippen LogP contribution in [0.1, 0.15) is 6.42 Å². The van der Waals surface area contributed by atoms with E-state index < -0.39 is 6.10 Å². The summed E-state index contributed by atoms with van der Waals surface area (Å²) in [5, 5.41) is 9.55. The predicted octanol–water partition coefficient (Wildman–Crippen LogP) is 2.54. The summed E-state index contributed by atoms with van der Waals surface area (Å²) >= 11 is 0. The molecule has 0 aromatic carbocycles. The van der Waals surface area contributed by atoms with E-state index in [1.165, 1.54) is 0 Å². The lowest BCUT2D eigenvalue weighted by atomic mass is 9.83. The van der Waals surface area contributed by atoms with Gasteiger partial charge in [0.1, 0.15) is 0 Å². The number of amides is 1. The van der Waals surface area contributed by atoms with E-state index in [4.69, 9.17) is 4.74 Å². The molecule has 1 saturated heterocycles. The van der Waals surface area contributed by atoms with E-state index in [1.807, 2.05) is 0 Å². The first-order chi connectivity index (χ1) is 11.2. The van der Waals surface area contributed by atoms with Crippen molar-refractivity contribution in [1.82, 2.24) is 4.90 Å². The molecule has 4 aliphatic rings. The molecule has 122 valence electrons. The van der Waals surface area contributed by atoms with Crippen LogP contribution in [-0.4, -0.2) is 41.9 Å². The van der Waals surface area contributed by atoms with Crippen LogP contribution in [0, 0.1) is 29.6 Å². The summed E-state index contributed by atoms with van der Waals surface area (Å²) in [7, 11) is 0. The van der Waals surface area contributed by atoms with Gasteiger partial charge in [-0.3, -0.25) is 0 Å². The molecule has 4 heteroatoms. The highest BCUT2D eigenvalue weighted by atomic mass is 16.6. The number of likely N-dealkylation sites (tertiary alicyclic amines) is 1. The van der Waals surface area contributed by atoms with Gasteiger partial charge in [0.15, 0.2) is 0 Å². The van der Waals surface area contributed by atoms with Gasteiger partial charge in [-0.15, -0.1) is 0 Å². The molecule has 1 N–H and O–H groups in total. The van der Waals surface area contributed by atoms with Gasteiger partial charge < -0.3 is 14.7 Å². The molecular formula is C19H23NO3. The van der Waals surface area contributed by atoms with Crippen LogP contribution in [0.2, 0.25) is 0 Å². The molecule has 1 amide bonds. The Morgan fingerprint density at radius 2 is 1.57 bits per heavy atom. The van der Waals surface area contributed by atoms with Gasteiger partial charge in [-0.05, 0) is 30.1 Å². The van der Waals surface area contributed by atoms with E-state index in [0.717, 1.165) is 0 Å². The Hall–Kier alpha value is -1.81. The van der Waals surface area contributed by atoms with E-state index >= 15 is 0 Å². The number of fused-ring (bicyclic) bond motifs is 3. The van der Waals surface area contributed by atoms with Gasteiger partial charge in [0.05, 0.1) is 12.7 Å². The van der Waals surface area contributed by atoms with Gasteiger partial charge in [-0.1, -0.05) is 48.6 Å². The lowest BCUT2D eigenvalue weighted by Crippen LogP contribution is -2.33. The standard InChI is InChI=1S/C19H23NO3/c21-13-9-10-20(11-13)19(22)23-12-18-16-7-3-1-5-14(16)15-6-2-4-8-17(15)18/h1-8,13-18,21H,9-12H2/t13-,14-,15+,16+,17+,18?/m0/s1.